The van der Waals surface area contributed by atoms with E-state index < -0.39 is 5.92 Å². The summed E-state index contributed by atoms with van der Waals surface area (Å²) in [5, 5.41) is 0. The predicted molar refractivity (Wildman–Crippen MR) is 102 cm³/mol. The van der Waals surface area contributed by atoms with Crippen LogP contribution in [0.1, 0.15) is 74.6 Å². The van der Waals surface area contributed by atoms with Crippen LogP contribution in [0, 0.1) is 24.7 Å². The maximum atomic E-state index is 13.2. The van der Waals surface area contributed by atoms with Gasteiger partial charge in [0.15, 0.2) is 11.6 Å². The topological polar surface area (TPSA) is 51.2 Å². The second-order valence-electron chi connectivity index (χ2n) is 8.23. The molecular formula is C23H30O3. The van der Waals surface area contributed by atoms with Crippen LogP contribution in [0.2, 0.25) is 0 Å². The highest BCUT2D eigenvalue weighted by Crippen LogP contribution is 2.50. The highest BCUT2D eigenvalue weighted by Gasteiger charge is 2.54. The molecule has 140 valence electrons. The third-order valence-electron chi connectivity index (χ3n) is 6.41. The molecule has 0 heterocycles. The van der Waals surface area contributed by atoms with Crippen LogP contribution >= 0.6 is 0 Å². The SMILES string of the molecule is CCc1cc(C)cc(CC)c1C1C(=O)C2CC(CCC(C)=O)CC2C1=O. The van der Waals surface area contributed by atoms with Crippen LogP contribution < -0.4 is 0 Å². The summed E-state index contributed by atoms with van der Waals surface area (Å²) in [6, 6.07) is 4.28. The number of Topliss-reactive ketones (excluding diaryl/α,β-unsaturated/α-hetero) is 3. The Balaban J connectivity index is 1.89. The van der Waals surface area contributed by atoms with Gasteiger partial charge in [-0.1, -0.05) is 31.5 Å². The molecular weight excluding hydrogens is 324 g/mol. The number of aryl methyl sites for hydroxylation is 3. The van der Waals surface area contributed by atoms with Gasteiger partial charge in [-0.25, -0.2) is 0 Å². The minimum absolute atomic E-state index is 0.125. The fourth-order valence-corrected chi connectivity index (χ4v) is 5.18. The first-order chi connectivity index (χ1) is 12.4. The molecule has 2 aliphatic carbocycles. The monoisotopic (exact) mass is 354 g/mol. The summed E-state index contributed by atoms with van der Waals surface area (Å²) >= 11 is 0. The molecule has 0 aliphatic heterocycles. The molecule has 3 nitrogen and oxygen atoms in total. The average molecular weight is 354 g/mol. The molecule has 1 aromatic rings. The number of hydrogen-bond donors (Lipinski definition) is 0. The highest BCUT2D eigenvalue weighted by atomic mass is 16.2. The number of benzene rings is 1. The van der Waals surface area contributed by atoms with Crippen molar-refractivity contribution in [3.63, 3.8) is 0 Å². The van der Waals surface area contributed by atoms with Crippen molar-refractivity contribution in [1.82, 2.24) is 0 Å². The number of ketones is 3. The molecule has 0 aromatic heterocycles. The van der Waals surface area contributed by atoms with Crippen molar-refractivity contribution in [3.05, 3.63) is 34.4 Å². The summed E-state index contributed by atoms with van der Waals surface area (Å²) in [6.07, 6.45) is 4.64. The summed E-state index contributed by atoms with van der Waals surface area (Å²) in [5.74, 6) is 0.0104. The van der Waals surface area contributed by atoms with Crippen LogP contribution in [0.15, 0.2) is 12.1 Å². The van der Waals surface area contributed by atoms with Crippen LogP contribution in [-0.2, 0) is 27.2 Å². The van der Waals surface area contributed by atoms with E-state index in [9.17, 15) is 14.4 Å². The zero-order valence-electron chi connectivity index (χ0n) is 16.4. The van der Waals surface area contributed by atoms with E-state index in [0.29, 0.717) is 12.3 Å². The van der Waals surface area contributed by atoms with E-state index >= 15 is 0 Å². The Bertz CT molecular complexity index is 697. The Morgan fingerprint density at radius 1 is 1.00 bits per heavy atom. The van der Waals surface area contributed by atoms with E-state index in [1.54, 1.807) is 6.92 Å². The van der Waals surface area contributed by atoms with Crippen molar-refractivity contribution in [1.29, 1.82) is 0 Å². The van der Waals surface area contributed by atoms with Crippen molar-refractivity contribution in [2.24, 2.45) is 17.8 Å². The first-order valence-corrected chi connectivity index (χ1v) is 10.1. The first kappa shape index (κ1) is 19.0. The normalized spacial score (nSPS) is 27.8. The van der Waals surface area contributed by atoms with E-state index in [1.165, 1.54) is 5.56 Å². The van der Waals surface area contributed by atoms with E-state index in [0.717, 1.165) is 48.8 Å². The molecule has 2 fully saturated rings. The van der Waals surface area contributed by atoms with Gasteiger partial charge in [-0.3, -0.25) is 9.59 Å². The van der Waals surface area contributed by atoms with Gasteiger partial charge in [0, 0.05) is 18.3 Å². The fraction of sp³-hybridized carbons (Fsp3) is 0.609. The van der Waals surface area contributed by atoms with Crippen molar-refractivity contribution < 1.29 is 14.4 Å². The molecule has 0 radical (unpaired) electrons. The van der Waals surface area contributed by atoms with Crippen LogP contribution in [0.25, 0.3) is 0 Å². The Morgan fingerprint density at radius 2 is 1.50 bits per heavy atom. The third-order valence-corrected chi connectivity index (χ3v) is 6.41. The minimum atomic E-state index is -0.552. The molecule has 2 atom stereocenters. The molecule has 0 N–H and O–H groups in total. The number of hydrogen-bond acceptors (Lipinski definition) is 3. The van der Waals surface area contributed by atoms with Gasteiger partial charge in [0.1, 0.15) is 11.7 Å². The molecule has 3 heteroatoms. The zero-order valence-corrected chi connectivity index (χ0v) is 16.4. The van der Waals surface area contributed by atoms with Gasteiger partial charge in [-0.05, 0) is 68.6 Å². The lowest BCUT2D eigenvalue weighted by molar-refractivity contribution is -0.125. The molecule has 0 spiro atoms. The van der Waals surface area contributed by atoms with Gasteiger partial charge in [0.2, 0.25) is 0 Å². The quantitative estimate of drug-likeness (QED) is 0.713. The molecule has 0 bridgehead atoms. The minimum Gasteiger partial charge on any atom is -0.300 e. The van der Waals surface area contributed by atoms with Gasteiger partial charge in [0.05, 0.1) is 0 Å². The van der Waals surface area contributed by atoms with E-state index in [2.05, 4.69) is 32.9 Å². The zero-order chi connectivity index (χ0) is 19.0. The summed E-state index contributed by atoms with van der Waals surface area (Å²) in [5.41, 5.74) is 4.51. The van der Waals surface area contributed by atoms with Gasteiger partial charge in [-0.2, -0.15) is 0 Å². The smallest absolute Gasteiger partial charge is 0.151 e. The third kappa shape index (κ3) is 3.28. The van der Waals surface area contributed by atoms with Gasteiger partial charge in [0.25, 0.3) is 0 Å². The molecule has 2 unspecified atom stereocenters. The van der Waals surface area contributed by atoms with Gasteiger partial charge < -0.3 is 4.79 Å². The number of carbonyl (C=O) groups is 3. The lowest BCUT2D eigenvalue weighted by atomic mass is 9.82. The Morgan fingerprint density at radius 3 is 1.92 bits per heavy atom. The largest absolute Gasteiger partial charge is 0.300 e. The van der Waals surface area contributed by atoms with Gasteiger partial charge in [-0.15, -0.1) is 0 Å². The van der Waals surface area contributed by atoms with Crippen LogP contribution in [-0.4, -0.2) is 17.3 Å². The molecule has 0 amide bonds. The molecule has 2 aliphatic rings. The van der Waals surface area contributed by atoms with E-state index in [4.69, 9.17) is 0 Å². The van der Waals surface area contributed by atoms with Crippen molar-refractivity contribution >= 4 is 17.3 Å². The maximum Gasteiger partial charge on any atom is 0.151 e. The van der Waals surface area contributed by atoms with Crippen LogP contribution in [0.3, 0.4) is 0 Å². The van der Waals surface area contributed by atoms with E-state index in [-0.39, 0.29) is 29.2 Å². The summed E-state index contributed by atoms with van der Waals surface area (Å²) in [6.45, 7) is 7.88. The lowest BCUT2D eigenvalue weighted by Crippen LogP contribution is -2.21. The Hall–Kier alpha value is -1.77. The lowest BCUT2D eigenvalue weighted by Gasteiger charge is -2.20. The molecule has 3 rings (SSSR count). The summed E-state index contributed by atoms with van der Waals surface area (Å²) in [4.78, 5) is 37.7. The van der Waals surface area contributed by atoms with Crippen LogP contribution in [0.5, 0.6) is 0 Å². The standard InChI is InChI=1S/C23H30O3/c1-5-16-9-13(3)10-17(6-2)20(16)21-22(25)18-11-15(8-7-14(4)24)12-19(18)23(21)26/h9-10,15,18-19,21H,5-8,11-12H2,1-4H3. The second kappa shape index (κ2) is 7.46. The van der Waals surface area contributed by atoms with Crippen LogP contribution in [0.4, 0.5) is 0 Å². The number of carbonyl (C=O) groups excluding carboxylic acids is 3. The number of fused-ring (bicyclic) bond motifs is 1. The highest BCUT2D eigenvalue weighted by molar-refractivity contribution is 6.16. The second-order valence-corrected chi connectivity index (χ2v) is 8.23. The molecule has 1 aromatic carbocycles. The maximum absolute atomic E-state index is 13.2. The fourth-order valence-electron chi connectivity index (χ4n) is 5.18. The van der Waals surface area contributed by atoms with Crippen molar-refractivity contribution in [3.8, 4) is 0 Å². The first-order valence-electron chi connectivity index (χ1n) is 10.1. The van der Waals surface area contributed by atoms with Crippen molar-refractivity contribution in [2.45, 2.75) is 72.1 Å². The Labute approximate surface area is 156 Å². The summed E-state index contributed by atoms with van der Waals surface area (Å²) in [7, 11) is 0. The van der Waals surface area contributed by atoms with Gasteiger partial charge >= 0.3 is 0 Å². The average Bonchev–Trinajstić information content (AvgIpc) is 3.12. The Kier molecular flexibility index (Phi) is 5.45. The number of rotatable bonds is 6. The molecule has 0 saturated heterocycles. The van der Waals surface area contributed by atoms with E-state index in [1.807, 2.05) is 0 Å². The van der Waals surface area contributed by atoms with Crippen molar-refractivity contribution in [2.75, 3.05) is 0 Å². The predicted octanol–water partition coefficient (Wildman–Crippen LogP) is 4.37. The molecule has 2 saturated carbocycles. The molecule has 26 heavy (non-hydrogen) atoms. The summed E-state index contributed by atoms with van der Waals surface area (Å²) < 4.78 is 0.